The van der Waals surface area contributed by atoms with Crippen LogP contribution in [0.1, 0.15) is 25.0 Å². The van der Waals surface area contributed by atoms with Crippen LogP contribution in [0.2, 0.25) is 20.1 Å². The molecule has 3 aromatic carbocycles. The van der Waals surface area contributed by atoms with Crippen molar-refractivity contribution in [2.45, 2.75) is 38.3 Å². The molecule has 0 fully saturated rings. The molecule has 0 bridgehead atoms. The summed E-state index contributed by atoms with van der Waals surface area (Å²) < 4.78 is 28.6. The minimum Gasteiger partial charge on any atom is -0.355 e. The van der Waals surface area contributed by atoms with Gasteiger partial charge in [-0.3, -0.25) is 13.9 Å². The summed E-state index contributed by atoms with van der Waals surface area (Å²) in [6, 6.07) is 14.6. The molecule has 12 heteroatoms. The van der Waals surface area contributed by atoms with Gasteiger partial charge in [-0.05, 0) is 62.7 Å². The van der Waals surface area contributed by atoms with Crippen LogP contribution in [0.25, 0.3) is 0 Å². The Morgan fingerprint density at radius 3 is 2.21 bits per heavy atom. The number of amides is 2. The van der Waals surface area contributed by atoms with Gasteiger partial charge >= 0.3 is 0 Å². The quantitative estimate of drug-likeness (QED) is 0.283. The lowest BCUT2D eigenvalue weighted by molar-refractivity contribution is -0.139. The Morgan fingerprint density at radius 1 is 0.923 bits per heavy atom. The third-order valence-corrected chi connectivity index (χ3v) is 9.26. The second-order valence-electron chi connectivity index (χ2n) is 8.74. The van der Waals surface area contributed by atoms with E-state index < -0.39 is 34.4 Å². The molecule has 0 saturated carbocycles. The van der Waals surface area contributed by atoms with Crippen molar-refractivity contribution in [3.8, 4) is 0 Å². The number of carbonyl (C=O) groups excluding carboxylic acids is 2. The van der Waals surface area contributed by atoms with Crippen LogP contribution in [0.5, 0.6) is 0 Å². The van der Waals surface area contributed by atoms with E-state index in [1.165, 1.54) is 35.2 Å². The highest BCUT2D eigenvalue weighted by Gasteiger charge is 2.33. The van der Waals surface area contributed by atoms with Crippen LogP contribution in [-0.2, 0) is 26.2 Å². The molecule has 2 amide bonds. The summed E-state index contributed by atoms with van der Waals surface area (Å²) in [4.78, 5) is 27.9. The zero-order valence-corrected chi connectivity index (χ0v) is 25.3. The number of nitrogens with one attached hydrogen (secondary N) is 1. The number of likely N-dealkylation sites (N-methyl/N-ethyl adjacent to an activating group) is 1. The minimum atomic E-state index is -4.28. The molecular formula is C27H27Cl4N3O4S. The number of carbonyl (C=O) groups is 2. The molecule has 0 aliphatic heterocycles. The van der Waals surface area contributed by atoms with Crippen molar-refractivity contribution in [2.24, 2.45) is 0 Å². The Labute approximate surface area is 248 Å². The smallest absolute Gasteiger partial charge is 0.264 e. The van der Waals surface area contributed by atoms with Crippen molar-refractivity contribution < 1.29 is 18.0 Å². The average Bonchev–Trinajstić information content (AvgIpc) is 2.89. The SMILES string of the molecule is CCNC(=O)C(C)N(Cc1ccc(Cl)c(Cl)c1)C(=O)CN(c1cccc(Cl)c1Cl)S(=O)(=O)c1ccc(C)cc1. The second kappa shape index (κ2) is 13.2. The van der Waals surface area contributed by atoms with Crippen molar-refractivity contribution in [3.63, 3.8) is 0 Å². The normalized spacial score (nSPS) is 12.1. The highest BCUT2D eigenvalue weighted by Crippen LogP contribution is 2.35. The first-order chi connectivity index (χ1) is 18.4. The zero-order chi connectivity index (χ0) is 28.9. The number of hydrogen-bond donors (Lipinski definition) is 1. The van der Waals surface area contributed by atoms with E-state index in [2.05, 4.69) is 5.32 Å². The van der Waals surface area contributed by atoms with Crippen LogP contribution < -0.4 is 9.62 Å². The summed E-state index contributed by atoms with van der Waals surface area (Å²) in [5.41, 5.74) is 1.49. The minimum absolute atomic E-state index is 0.0261. The summed E-state index contributed by atoms with van der Waals surface area (Å²) in [5.74, 6) is -1.05. The summed E-state index contributed by atoms with van der Waals surface area (Å²) in [7, 11) is -4.28. The lowest BCUT2D eigenvalue weighted by Gasteiger charge is -2.32. The first kappa shape index (κ1) is 31.0. The maximum atomic E-state index is 13.9. The van der Waals surface area contributed by atoms with E-state index in [-0.39, 0.29) is 32.2 Å². The Bertz CT molecular complexity index is 1470. The number of benzene rings is 3. The topological polar surface area (TPSA) is 86.8 Å². The molecule has 1 atom stereocenters. The van der Waals surface area contributed by atoms with Crippen LogP contribution in [0, 0.1) is 6.92 Å². The summed E-state index contributed by atoms with van der Waals surface area (Å²) >= 11 is 24.9. The molecule has 0 aliphatic rings. The molecule has 0 aromatic heterocycles. The van der Waals surface area contributed by atoms with Gasteiger partial charge in [0.1, 0.15) is 12.6 Å². The molecule has 0 saturated heterocycles. The third kappa shape index (κ3) is 7.38. The molecule has 3 aromatic rings. The van der Waals surface area contributed by atoms with Crippen molar-refractivity contribution in [1.82, 2.24) is 10.2 Å². The number of nitrogens with zero attached hydrogens (tertiary/aromatic N) is 2. The molecule has 7 nitrogen and oxygen atoms in total. The molecule has 1 unspecified atom stereocenters. The second-order valence-corrected chi connectivity index (χ2v) is 12.2. The first-order valence-corrected chi connectivity index (χ1v) is 14.9. The Morgan fingerprint density at radius 2 is 1.59 bits per heavy atom. The number of aryl methyl sites for hydroxylation is 1. The van der Waals surface area contributed by atoms with Crippen molar-refractivity contribution in [2.75, 3.05) is 17.4 Å². The summed E-state index contributed by atoms with van der Waals surface area (Å²) in [6.07, 6.45) is 0. The highest BCUT2D eigenvalue weighted by atomic mass is 35.5. The number of anilines is 1. The molecule has 0 heterocycles. The molecule has 0 radical (unpaired) electrons. The van der Waals surface area contributed by atoms with Gasteiger partial charge in [-0.1, -0.05) is 76.2 Å². The van der Waals surface area contributed by atoms with E-state index in [9.17, 15) is 18.0 Å². The summed E-state index contributed by atoms with van der Waals surface area (Å²) in [6.45, 7) is 4.81. The standard InChI is InChI=1S/C27H27Cl4N3O4S/c1-4-32-27(36)18(3)33(15-19-10-13-21(28)23(30)14-19)25(35)16-34(24-7-5-6-22(29)26(24)31)39(37,38)20-11-8-17(2)9-12-20/h5-14,18H,4,15-16H2,1-3H3,(H,32,36). The Kier molecular flexibility index (Phi) is 10.5. The van der Waals surface area contributed by atoms with Gasteiger partial charge in [0.25, 0.3) is 10.0 Å². The first-order valence-electron chi connectivity index (χ1n) is 11.9. The van der Waals surface area contributed by atoms with Gasteiger partial charge in [0, 0.05) is 13.1 Å². The van der Waals surface area contributed by atoms with Crippen LogP contribution in [0.4, 0.5) is 5.69 Å². The van der Waals surface area contributed by atoms with E-state index in [0.717, 1.165) is 9.87 Å². The summed E-state index contributed by atoms with van der Waals surface area (Å²) in [5, 5.41) is 3.40. The van der Waals surface area contributed by atoms with Gasteiger partial charge in [0.2, 0.25) is 11.8 Å². The zero-order valence-electron chi connectivity index (χ0n) is 21.4. The molecule has 39 heavy (non-hydrogen) atoms. The van der Waals surface area contributed by atoms with E-state index in [0.29, 0.717) is 17.1 Å². The molecule has 0 aliphatic carbocycles. The van der Waals surface area contributed by atoms with Gasteiger partial charge in [-0.25, -0.2) is 8.42 Å². The fourth-order valence-corrected chi connectivity index (χ4v) is 5.97. The Hall–Kier alpha value is -2.49. The molecule has 208 valence electrons. The fraction of sp³-hybridized carbons (Fsp3) is 0.259. The van der Waals surface area contributed by atoms with Gasteiger partial charge in [-0.15, -0.1) is 0 Å². The monoisotopic (exact) mass is 629 g/mol. The predicted octanol–water partition coefficient (Wildman–Crippen LogP) is 6.36. The number of rotatable bonds is 10. The number of sulfonamides is 1. The number of halogens is 4. The largest absolute Gasteiger partial charge is 0.355 e. The molecule has 3 rings (SSSR count). The Balaban J connectivity index is 2.08. The van der Waals surface area contributed by atoms with Gasteiger partial charge in [-0.2, -0.15) is 0 Å². The van der Waals surface area contributed by atoms with Crippen LogP contribution >= 0.6 is 46.4 Å². The van der Waals surface area contributed by atoms with E-state index in [4.69, 9.17) is 46.4 Å². The fourth-order valence-electron chi connectivity index (χ4n) is 3.78. The van der Waals surface area contributed by atoms with E-state index >= 15 is 0 Å². The third-order valence-electron chi connectivity index (χ3n) is 5.94. The van der Waals surface area contributed by atoms with Crippen LogP contribution in [0.3, 0.4) is 0 Å². The maximum Gasteiger partial charge on any atom is 0.264 e. The predicted molar refractivity (Wildman–Crippen MR) is 157 cm³/mol. The lowest BCUT2D eigenvalue weighted by Crippen LogP contribution is -2.51. The van der Waals surface area contributed by atoms with E-state index in [1.54, 1.807) is 44.2 Å². The van der Waals surface area contributed by atoms with E-state index in [1.807, 2.05) is 6.92 Å². The van der Waals surface area contributed by atoms with Gasteiger partial charge in [0.15, 0.2) is 0 Å². The highest BCUT2D eigenvalue weighted by molar-refractivity contribution is 7.92. The van der Waals surface area contributed by atoms with Crippen LogP contribution in [-0.4, -0.2) is 44.3 Å². The molecule has 1 N–H and O–H groups in total. The van der Waals surface area contributed by atoms with Crippen LogP contribution in [0.15, 0.2) is 65.6 Å². The van der Waals surface area contributed by atoms with Crippen molar-refractivity contribution in [1.29, 1.82) is 0 Å². The lowest BCUT2D eigenvalue weighted by atomic mass is 10.1. The van der Waals surface area contributed by atoms with Crippen molar-refractivity contribution >= 4 is 73.9 Å². The number of hydrogen-bond acceptors (Lipinski definition) is 4. The van der Waals surface area contributed by atoms with Crippen molar-refractivity contribution in [3.05, 3.63) is 91.9 Å². The molecule has 0 spiro atoms. The molecular weight excluding hydrogens is 604 g/mol. The van der Waals surface area contributed by atoms with Gasteiger partial charge < -0.3 is 10.2 Å². The average molecular weight is 631 g/mol. The van der Waals surface area contributed by atoms with Gasteiger partial charge in [0.05, 0.1) is 30.7 Å². The maximum absolute atomic E-state index is 13.9.